The standard InChI is InChI=1S/C26H34N2O2Si2/c1-8-31(4,5)29-23(3)26(30-32(6,7)9-2)20-27-28(21-24-16-12-10-13-17-24)22-25-18-14-11-15-19-25/h1-2,10-20,23,26H,21-22H2,3-7H3/b27-20-/t23-,26-/m0/s1. The summed E-state index contributed by atoms with van der Waals surface area (Å²) < 4.78 is 12.6. The van der Waals surface area contributed by atoms with Gasteiger partial charge in [0.15, 0.2) is 0 Å². The molecule has 2 rings (SSSR count). The summed E-state index contributed by atoms with van der Waals surface area (Å²) in [6, 6.07) is 20.6. The summed E-state index contributed by atoms with van der Waals surface area (Å²) in [5, 5.41) is 6.86. The van der Waals surface area contributed by atoms with Gasteiger partial charge in [0.05, 0.1) is 25.4 Å². The van der Waals surface area contributed by atoms with Crippen LogP contribution in [0.1, 0.15) is 18.1 Å². The van der Waals surface area contributed by atoms with Crippen molar-refractivity contribution in [2.45, 2.75) is 58.4 Å². The first kappa shape index (κ1) is 25.6. The summed E-state index contributed by atoms with van der Waals surface area (Å²) in [5.41, 5.74) is 8.00. The smallest absolute Gasteiger partial charge is 0.266 e. The van der Waals surface area contributed by atoms with Gasteiger partial charge < -0.3 is 8.85 Å². The monoisotopic (exact) mass is 462 g/mol. The summed E-state index contributed by atoms with van der Waals surface area (Å²) >= 11 is 0. The van der Waals surface area contributed by atoms with Crippen LogP contribution in [0.5, 0.6) is 0 Å². The van der Waals surface area contributed by atoms with Crippen LogP contribution in [-0.2, 0) is 21.9 Å². The van der Waals surface area contributed by atoms with Crippen LogP contribution in [0.2, 0.25) is 26.2 Å². The van der Waals surface area contributed by atoms with Crippen LogP contribution >= 0.6 is 0 Å². The van der Waals surface area contributed by atoms with Crippen LogP contribution in [0.4, 0.5) is 0 Å². The quantitative estimate of drug-likeness (QED) is 0.199. The molecule has 2 aromatic carbocycles. The van der Waals surface area contributed by atoms with Crippen LogP contribution in [0, 0.1) is 23.9 Å². The second kappa shape index (κ2) is 11.8. The van der Waals surface area contributed by atoms with E-state index in [1.54, 1.807) is 0 Å². The van der Waals surface area contributed by atoms with Crippen molar-refractivity contribution in [1.29, 1.82) is 0 Å². The van der Waals surface area contributed by atoms with Crippen molar-refractivity contribution in [2.24, 2.45) is 5.10 Å². The number of nitrogens with zero attached hydrogens (tertiary/aromatic N) is 2. The lowest BCUT2D eigenvalue weighted by atomic mass is 10.2. The summed E-state index contributed by atoms with van der Waals surface area (Å²) in [6.07, 6.45) is 12.6. The summed E-state index contributed by atoms with van der Waals surface area (Å²) in [6.45, 7) is 11.3. The molecule has 0 saturated heterocycles. The third-order valence-electron chi connectivity index (χ3n) is 4.86. The molecule has 0 spiro atoms. The Balaban J connectivity index is 2.28. The topological polar surface area (TPSA) is 34.1 Å². The number of terminal acetylenes is 2. The van der Waals surface area contributed by atoms with Gasteiger partial charge in [-0.3, -0.25) is 5.01 Å². The van der Waals surface area contributed by atoms with Gasteiger partial charge in [-0.2, -0.15) is 5.10 Å². The van der Waals surface area contributed by atoms with E-state index in [-0.39, 0.29) is 12.2 Å². The average Bonchev–Trinajstić information content (AvgIpc) is 2.77. The first-order valence-electron chi connectivity index (χ1n) is 10.8. The first-order valence-corrected chi connectivity index (χ1v) is 16.6. The van der Waals surface area contributed by atoms with E-state index in [0.717, 1.165) is 0 Å². The Morgan fingerprint density at radius 2 is 1.28 bits per heavy atom. The van der Waals surface area contributed by atoms with E-state index in [4.69, 9.17) is 26.8 Å². The van der Waals surface area contributed by atoms with Gasteiger partial charge in [0, 0.05) is 0 Å². The van der Waals surface area contributed by atoms with Crippen molar-refractivity contribution >= 4 is 22.8 Å². The minimum Gasteiger partial charge on any atom is -0.400 e. The van der Waals surface area contributed by atoms with Gasteiger partial charge in [0.2, 0.25) is 0 Å². The molecule has 0 radical (unpaired) electrons. The molecule has 0 unspecified atom stereocenters. The van der Waals surface area contributed by atoms with Crippen molar-refractivity contribution in [1.82, 2.24) is 5.01 Å². The molecule has 168 valence electrons. The van der Waals surface area contributed by atoms with Crippen molar-refractivity contribution in [3.05, 3.63) is 71.8 Å². The third-order valence-corrected chi connectivity index (χ3v) is 8.07. The summed E-state index contributed by atoms with van der Waals surface area (Å²) in [5.74, 6) is 0. The molecular weight excluding hydrogens is 428 g/mol. The SMILES string of the molecule is C#C[Si](C)(C)O[C@@H](C)[C@H](/C=N\N(Cc1ccccc1)Cc1ccccc1)O[Si](C)(C)C#C. The molecule has 0 fully saturated rings. The van der Waals surface area contributed by atoms with Crippen molar-refractivity contribution in [3.8, 4) is 23.9 Å². The highest BCUT2D eigenvalue weighted by molar-refractivity contribution is 6.79. The van der Waals surface area contributed by atoms with Crippen LogP contribution in [-0.4, -0.2) is 40.1 Å². The first-order chi connectivity index (χ1) is 15.1. The van der Waals surface area contributed by atoms with Gasteiger partial charge in [-0.15, -0.1) is 23.9 Å². The second-order valence-electron chi connectivity index (χ2n) is 8.77. The summed E-state index contributed by atoms with van der Waals surface area (Å²) in [4.78, 5) is 0. The Morgan fingerprint density at radius 3 is 1.72 bits per heavy atom. The lowest BCUT2D eigenvalue weighted by Crippen LogP contribution is -2.45. The highest BCUT2D eigenvalue weighted by Crippen LogP contribution is 2.17. The molecule has 4 nitrogen and oxygen atoms in total. The Labute approximate surface area is 195 Å². The molecule has 2 atom stereocenters. The minimum absolute atomic E-state index is 0.258. The number of benzene rings is 2. The average molecular weight is 463 g/mol. The molecule has 6 heteroatoms. The molecule has 0 aliphatic heterocycles. The Morgan fingerprint density at radius 1 is 0.844 bits per heavy atom. The number of hydrazone groups is 1. The Hall–Kier alpha value is -2.62. The Bertz CT molecular complexity index is 906. The van der Waals surface area contributed by atoms with Crippen molar-refractivity contribution in [3.63, 3.8) is 0 Å². The van der Waals surface area contributed by atoms with Crippen LogP contribution in [0.3, 0.4) is 0 Å². The zero-order valence-electron chi connectivity index (χ0n) is 19.8. The number of rotatable bonds is 11. The number of hydrogen-bond donors (Lipinski definition) is 0. The molecule has 0 heterocycles. The van der Waals surface area contributed by atoms with E-state index in [9.17, 15) is 0 Å². The van der Waals surface area contributed by atoms with Crippen LogP contribution < -0.4 is 0 Å². The fraction of sp³-hybridized carbons (Fsp3) is 0.346. The molecule has 0 amide bonds. The molecule has 32 heavy (non-hydrogen) atoms. The molecular formula is C26H34N2O2Si2. The predicted octanol–water partition coefficient (Wildman–Crippen LogP) is 5.22. The molecule has 0 aliphatic carbocycles. The molecule has 0 bridgehead atoms. The lowest BCUT2D eigenvalue weighted by Gasteiger charge is -2.31. The molecule has 0 saturated carbocycles. The van der Waals surface area contributed by atoms with Gasteiger partial charge >= 0.3 is 0 Å². The highest BCUT2D eigenvalue weighted by Gasteiger charge is 2.31. The maximum atomic E-state index is 6.35. The Kier molecular flexibility index (Phi) is 9.49. The zero-order valence-corrected chi connectivity index (χ0v) is 21.8. The van der Waals surface area contributed by atoms with Gasteiger partial charge in [0.25, 0.3) is 16.6 Å². The van der Waals surface area contributed by atoms with E-state index in [1.165, 1.54) is 11.1 Å². The van der Waals surface area contributed by atoms with Crippen LogP contribution in [0.25, 0.3) is 0 Å². The number of hydrogen-bond acceptors (Lipinski definition) is 4. The van der Waals surface area contributed by atoms with E-state index in [0.29, 0.717) is 13.1 Å². The molecule has 0 aliphatic rings. The van der Waals surface area contributed by atoms with Gasteiger partial charge in [0.1, 0.15) is 6.10 Å². The van der Waals surface area contributed by atoms with Crippen molar-refractivity contribution < 1.29 is 8.85 Å². The third kappa shape index (κ3) is 8.86. The van der Waals surface area contributed by atoms with Gasteiger partial charge in [-0.25, -0.2) is 0 Å². The maximum Gasteiger partial charge on any atom is 0.266 e. The van der Waals surface area contributed by atoms with Gasteiger partial charge in [-0.1, -0.05) is 60.7 Å². The fourth-order valence-electron chi connectivity index (χ4n) is 3.07. The summed E-state index contributed by atoms with van der Waals surface area (Å²) in [7, 11) is -4.54. The van der Waals surface area contributed by atoms with Crippen LogP contribution in [0.15, 0.2) is 65.8 Å². The maximum absolute atomic E-state index is 6.35. The van der Waals surface area contributed by atoms with E-state index in [1.807, 2.05) is 80.7 Å². The molecule has 0 N–H and O–H groups in total. The predicted molar refractivity (Wildman–Crippen MR) is 139 cm³/mol. The van der Waals surface area contributed by atoms with E-state index < -0.39 is 16.6 Å². The van der Waals surface area contributed by atoms with E-state index in [2.05, 4.69) is 35.4 Å². The van der Waals surface area contributed by atoms with Gasteiger partial charge in [-0.05, 0) is 44.2 Å². The largest absolute Gasteiger partial charge is 0.400 e. The van der Waals surface area contributed by atoms with E-state index >= 15 is 0 Å². The molecule has 0 aromatic heterocycles. The zero-order chi connectivity index (χ0) is 23.6. The normalized spacial score (nSPS) is 13.8. The van der Waals surface area contributed by atoms with Crippen molar-refractivity contribution in [2.75, 3.05) is 0 Å². The lowest BCUT2D eigenvalue weighted by molar-refractivity contribution is 0.102. The second-order valence-corrected chi connectivity index (χ2v) is 15.9. The molecule has 2 aromatic rings. The highest BCUT2D eigenvalue weighted by atomic mass is 28.4. The fourth-order valence-corrected chi connectivity index (χ4v) is 5.21. The minimum atomic E-state index is -2.31.